The molecule has 1 fully saturated rings. The molecule has 50 heavy (non-hydrogen) atoms. The van der Waals surface area contributed by atoms with Gasteiger partial charge < -0.3 is 14.7 Å². The van der Waals surface area contributed by atoms with Crippen molar-refractivity contribution in [2.45, 2.75) is 77.8 Å². The Morgan fingerprint density at radius 1 is 1.00 bits per heavy atom. The van der Waals surface area contributed by atoms with Crippen LogP contribution in [0.1, 0.15) is 89.0 Å². The minimum atomic E-state index is -1.08. The van der Waals surface area contributed by atoms with Gasteiger partial charge in [0, 0.05) is 55.7 Å². The van der Waals surface area contributed by atoms with E-state index < -0.39 is 5.97 Å². The number of rotatable bonds is 11. The van der Waals surface area contributed by atoms with Crippen molar-refractivity contribution in [3.63, 3.8) is 0 Å². The van der Waals surface area contributed by atoms with E-state index in [1.165, 1.54) is 49.9 Å². The Bertz CT molecular complexity index is 1980. The number of thiazole rings is 1. The lowest BCUT2D eigenvalue weighted by molar-refractivity contribution is 0.0691. The summed E-state index contributed by atoms with van der Waals surface area (Å²) in [5, 5.41) is 18.8. The van der Waals surface area contributed by atoms with E-state index in [2.05, 4.69) is 25.9 Å². The molecular formula is C39H44N6O4S. The predicted octanol–water partition coefficient (Wildman–Crippen LogP) is 8.14. The number of para-hydroxylation sites is 1. The smallest absolute Gasteiger partial charge is 0.355 e. The number of carbonyl (C=O) groups is 2. The SMILES string of the molecule is COCCCC1(Cn2ncc(-c3ccc(N4CCc5cccc(C(=O)Nc6nc7ccccc7s6)c5C4)nc3C(=O)O)c2C)CCCCCC1. The van der Waals surface area contributed by atoms with E-state index >= 15 is 0 Å². The van der Waals surface area contributed by atoms with Crippen LogP contribution in [0.4, 0.5) is 10.9 Å². The summed E-state index contributed by atoms with van der Waals surface area (Å²) in [5.41, 5.74) is 5.91. The van der Waals surface area contributed by atoms with E-state index in [1.54, 1.807) is 13.3 Å². The number of hydrogen-bond acceptors (Lipinski definition) is 8. The summed E-state index contributed by atoms with van der Waals surface area (Å²) in [6, 6.07) is 17.4. The van der Waals surface area contributed by atoms with Crippen molar-refractivity contribution in [3.8, 4) is 11.1 Å². The Morgan fingerprint density at radius 3 is 2.60 bits per heavy atom. The number of carboxylic acid groups (broad SMARTS) is 1. The Labute approximate surface area is 296 Å². The number of carbonyl (C=O) groups excluding carboxylic acids is 1. The number of pyridine rings is 1. The van der Waals surface area contributed by atoms with Gasteiger partial charge in [0.05, 0.1) is 16.4 Å². The zero-order valence-corrected chi connectivity index (χ0v) is 29.6. The number of ether oxygens (including phenoxy) is 1. The minimum absolute atomic E-state index is 0.00193. The Kier molecular flexibility index (Phi) is 9.96. The largest absolute Gasteiger partial charge is 0.476 e. The van der Waals surface area contributed by atoms with Crippen molar-refractivity contribution in [3.05, 3.63) is 88.9 Å². The van der Waals surface area contributed by atoms with Gasteiger partial charge in [0.2, 0.25) is 0 Å². The van der Waals surface area contributed by atoms with Crippen molar-refractivity contribution >= 4 is 44.4 Å². The first-order valence-corrected chi connectivity index (χ1v) is 18.4. The van der Waals surface area contributed by atoms with Gasteiger partial charge in [-0.15, -0.1) is 0 Å². The van der Waals surface area contributed by atoms with Gasteiger partial charge in [-0.2, -0.15) is 5.10 Å². The van der Waals surface area contributed by atoms with E-state index in [-0.39, 0.29) is 17.0 Å². The summed E-state index contributed by atoms with van der Waals surface area (Å²) in [6.07, 6.45) is 12.0. The number of anilines is 2. The average molecular weight is 693 g/mol. The van der Waals surface area contributed by atoms with Crippen LogP contribution in [0.2, 0.25) is 0 Å². The standard InChI is InChI=1S/C39H44N6O4S/c1-26-30(23-40-45(26)25-39(20-10-22-49-2)18-7-3-4-8-19-39)28-15-16-34(42-35(28)37(47)48)44-21-17-27-11-9-12-29(31(27)24-44)36(46)43-38-41-32-13-5-6-14-33(32)50-38/h5-6,9,11-16,23H,3-4,7-8,10,17-22,24-25H2,1-2H3,(H,47,48)(H,41,43,46). The molecule has 11 heteroatoms. The van der Waals surface area contributed by atoms with E-state index in [0.29, 0.717) is 41.6 Å². The number of nitrogens with zero attached hydrogens (tertiary/aromatic N) is 5. The molecule has 7 rings (SSSR count). The monoisotopic (exact) mass is 692 g/mol. The van der Waals surface area contributed by atoms with Gasteiger partial charge in [-0.25, -0.2) is 14.8 Å². The maximum Gasteiger partial charge on any atom is 0.355 e. The van der Waals surface area contributed by atoms with Crippen LogP contribution in [-0.2, 0) is 24.2 Å². The molecule has 0 unspecified atom stereocenters. The highest BCUT2D eigenvalue weighted by Crippen LogP contribution is 2.41. The fraction of sp³-hybridized carbons (Fsp3) is 0.410. The van der Waals surface area contributed by atoms with Crippen molar-refractivity contribution in [1.82, 2.24) is 19.7 Å². The van der Waals surface area contributed by atoms with Crippen molar-refractivity contribution in [2.24, 2.45) is 5.41 Å². The highest BCUT2D eigenvalue weighted by atomic mass is 32.1. The number of hydrogen-bond donors (Lipinski definition) is 2. The van der Waals surface area contributed by atoms with Crippen LogP contribution < -0.4 is 10.2 Å². The maximum absolute atomic E-state index is 13.5. The topological polar surface area (TPSA) is 122 Å². The average Bonchev–Trinajstić information content (AvgIpc) is 3.61. The minimum Gasteiger partial charge on any atom is -0.476 e. The van der Waals surface area contributed by atoms with Gasteiger partial charge in [-0.3, -0.25) is 14.8 Å². The lowest BCUT2D eigenvalue weighted by Gasteiger charge is -2.33. The van der Waals surface area contributed by atoms with E-state index in [1.807, 2.05) is 55.5 Å². The lowest BCUT2D eigenvalue weighted by Crippen LogP contribution is -2.33. The fourth-order valence-corrected chi connectivity index (χ4v) is 8.69. The summed E-state index contributed by atoms with van der Waals surface area (Å²) in [6.45, 7) is 4.70. The van der Waals surface area contributed by atoms with Crippen LogP contribution in [0.25, 0.3) is 21.3 Å². The normalized spacial score (nSPS) is 15.8. The molecule has 1 saturated carbocycles. The molecule has 2 aromatic carbocycles. The van der Waals surface area contributed by atoms with Gasteiger partial charge in [0.25, 0.3) is 5.91 Å². The number of benzene rings is 2. The van der Waals surface area contributed by atoms with Crippen LogP contribution in [0.5, 0.6) is 0 Å². The molecule has 260 valence electrons. The van der Waals surface area contributed by atoms with Gasteiger partial charge in [-0.05, 0) is 85.9 Å². The van der Waals surface area contributed by atoms with Crippen LogP contribution in [0.3, 0.4) is 0 Å². The maximum atomic E-state index is 13.5. The second-order valence-corrected chi connectivity index (χ2v) is 14.8. The molecule has 4 heterocycles. The van der Waals surface area contributed by atoms with Crippen LogP contribution in [0, 0.1) is 12.3 Å². The first kappa shape index (κ1) is 33.9. The Morgan fingerprint density at radius 2 is 1.82 bits per heavy atom. The summed E-state index contributed by atoms with van der Waals surface area (Å²) in [5.74, 6) is -0.727. The number of methoxy groups -OCH3 is 1. The molecule has 2 N–H and O–H groups in total. The number of fused-ring (bicyclic) bond motifs is 2. The first-order valence-electron chi connectivity index (χ1n) is 17.6. The molecule has 1 aliphatic heterocycles. The van der Waals surface area contributed by atoms with Crippen molar-refractivity contribution in [2.75, 3.05) is 30.5 Å². The third kappa shape index (κ3) is 7.02. The molecule has 0 saturated heterocycles. The zero-order valence-electron chi connectivity index (χ0n) is 28.8. The highest BCUT2D eigenvalue weighted by molar-refractivity contribution is 7.22. The van der Waals surface area contributed by atoms with Crippen molar-refractivity contribution in [1.29, 1.82) is 0 Å². The molecule has 2 aliphatic rings. The molecule has 0 spiro atoms. The van der Waals surface area contributed by atoms with Gasteiger partial charge in [-0.1, -0.05) is 61.3 Å². The molecule has 10 nitrogen and oxygen atoms in total. The summed E-state index contributed by atoms with van der Waals surface area (Å²) >= 11 is 1.44. The fourth-order valence-electron chi connectivity index (χ4n) is 7.83. The van der Waals surface area contributed by atoms with Crippen LogP contribution >= 0.6 is 11.3 Å². The second kappa shape index (κ2) is 14.7. The lowest BCUT2D eigenvalue weighted by atomic mass is 9.76. The van der Waals surface area contributed by atoms with E-state index in [9.17, 15) is 14.7 Å². The number of nitrogens with one attached hydrogen (secondary N) is 1. The van der Waals surface area contributed by atoms with E-state index in [0.717, 1.165) is 58.6 Å². The van der Waals surface area contributed by atoms with Crippen LogP contribution in [-0.4, -0.2) is 57.0 Å². The molecule has 3 aromatic heterocycles. The number of aromatic carboxylic acids is 1. The predicted molar refractivity (Wildman–Crippen MR) is 197 cm³/mol. The van der Waals surface area contributed by atoms with Gasteiger partial charge in [0.1, 0.15) is 5.82 Å². The number of amides is 1. The third-order valence-electron chi connectivity index (χ3n) is 10.5. The van der Waals surface area contributed by atoms with Crippen molar-refractivity contribution < 1.29 is 19.4 Å². The van der Waals surface area contributed by atoms with Gasteiger partial charge in [0.15, 0.2) is 10.8 Å². The quantitative estimate of drug-likeness (QED) is 0.105. The first-order chi connectivity index (χ1) is 24.3. The molecular weight excluding hydrogens is 649 g/mol. The van der Waals surface area contributed by atoms with Gasteiger partial charge >= 0.3 is 5.97 Å². The van der Waals surface area contributed by atoms with Crippen LogP contribution in [0.15, 0.2) is 60.8 Å². The highest BCUT2D eigenvalue weighted by Gasteiger charge is 2.33. The molecule has 0 atom stereocenters. The second-order valence-electron chi connectivity index (χ2n) is 13.7. The molecule has 5 aromatic rings. The van der Waals surface area contributed by atoms with E-state index in [4.69, 9.17) is 14.8 Å². The molecule has 1 amide bonds. The number of carboxylic acids is 1. The molecule has 1 aliphatic carbocycles. The molecule has 0 bridgehead atoms. The third-order valence-corrected chi connectivity index (χ3v) is 11.5. The summed E-state index contributed by atoms with van der Waals surface area (Å²) in [4.78, 5) is 37.6. The summed E-state index contributed by atoms with van der Waals surface area (Å²) < 4.78 is 8.48. The Balaban J connectivity index is 1.13. The number of aromatic nitrogens is 4. The molecule has 0 radical (unpaired) electrons. The summed E-state index contributed by atoms with van der Waals surface area (Å²) in [7, 11) is 1.76. The Hall–Kier alpha value is -4.61. The zero-order chi connectivity index (χ0) is 34.7.